The number of nitrogens with one attached hydrogen (secondary N) is 1. The van der Waals surface area contributed by atoms with Crippen LogP contribution < -0.4 is 5.32 Å². The fraction of sp³-hybridized carbons (Fsp3) is 0.545. The molecule has 5 nitrogen and oxygen atoms in total. The molecule has 0 spiro atoms. The molecule has 90 valence electrons. The number of likely N-dealkylation sites (N-methyl/N-ethyl adjacent to an activating group) is 1. The molecule has 0 aliphatic rings. The van der Waals surface area contributed by atoms with Crippen molar-refractivity contribution < 1.29 is 14.3 Å². The third kappa shape index (κ3) is 4.04. The molecule has 2 N–H and O–H groups in total. The zero-order valence-corrected chi connectivity index (χ0v) is 9.64. The third-order valence-corrected chi connectivity index (χ3v) is 2.24. The number of nitrogens with zero attached hydrogens (tertiary/aromatic N) is 1. The summed E-state index contributed by atoms with van der Waals surface area (Å²) >= 11 is 0. The second-order valence-electron chi connectivity index (χ2n) is 3.77. The van der Waals surface area contributed by atoms with Gasteiger partial charge in [0.1, 0.15) is 5.76 Å². The topological polar surface area (TPSA) is 65.7 Å². The third-order valence-electron chi connectivity index (χ3n) is 2.24. The minimum atomic E-state index is -0.134. The van der Waals surface area contributed by atoms with Gasteiger partial charge in [0, 0.05) is 6.54 Å². The van der Waals surface area contributed by atoms with Crippen molar-refractivity contribution in [2.75, 3.05) is 26.7 Å². The van der Waals surface area contributed by atoms with E-state index in [1.165, 1.54) is 0 Å². The van der Waals surface area contributed by atoms with E-state index >= 15 is 0 Å². The summed E-state index contributed by atoms with van der Waals surface area (Å²) in [4.78, 5) is 13.3. The molecule has 1 amide bonds. The molecule has 1 unspecified atom stereocenters. The number of aliphatic hydroxyl groups excluding tert-OH is 1. The summed E-state index contributed by atoms with van der Waals surface area (Å²) in [5.41, 5.74) is 0. The van der Waals surface area contributed by atoms with Crippen LogP contribution in [0.4, 0.5) is 0 Å². The predicted molar refractivity (Wildman–Crippen MR) is 59.8 cm³/mol. The summed E-state index contributed by atoms with van der Waals surface area (Å²) in [6, 6.07) is 3.48. The van der Waals surface area contributed by atoms with Gasteiger partial charge in [-0.3, -0.25) is 9.69 Å². The first-order chi connectivity index (χ1) is 7.63. The second-order valence-corrected chi connectivity index (χ2v) is 3.77. The van der Waals surface area contributed by atoms with E-state index in [9.17, 15) is 4.79 Å². The van der Waals surface area contributed by atoms with Gasteiger partial charge in [-0.05, 0) is 26.1 Å². The molecular formula is C11H18N2O3. The smallest absolute Gasteiger partial charge is 0.234 e. The average Bonchev–Trinajstić information content (AvgIpc) is 2.69. The normalized spacial score (nSPS) is 12.8. The highest BCUT2D eigenvalue weighted by molar-refractivity contribution is 5.78. The number of aliphatic hydroxyl groups is 1. The monoisotopic (exact) mass is 226 g/mol. The van der Waals surface area contributed by atoms with Gasteiger partial charge in [-0.25, -0.2) is 0 Å². The minimum Gasteiger partial charge on any atom is -0.467 e. The SMILES string of the molecule is CC(NC(=O)CN(C)CCO)c1ccco1. The molecule has 0 aliphatic heterocycles. The molecule has 0 radical (unpaired) electrons. The van der Waals surface area contributed by atoms with E-state index in [1.807, 2.05) is 13.0 Å². The molecule has 1 heterocycles. The number of amides is 1. The Morgan fingerprint density at radius 3 is 3.00 bits per heavy atom. The lowest BCUT2D eigenvalue weighted by atomic mass is 10.2. The lowest BCUT2D eigenvalue weighted by Crippen LogP contribution is -2.37. The van der Waals surface area contributed by atoms with Gasteiger partial charge < -0.3 is 14.8 Å². The Labute approximate surface area is 95.0 Å². The molecule has 0 aromatic carbocycles. The number of carbonyl (C=O) groups excluding carboxylic acids is 1. The highest BCUT2D eigenvalue weighted by Gasteiger charge is 2.12. The van der Waals surface area contributed by atoms with Gasteiger partial charge in [0.25, 0.3) is 0 Å². The van der Waals surface area contributed by atoms with Crippen LogP contribution in [0, 0.1) is 0 Å². The zero-order valence-electron chi connectivity index (χ0n) is 9.64. The van der Waals surface area contributed by atoms with Crippen LogP contribution >= 0.6 is 0 Å². The standard InChI is InChI=1S/C11H18N2O3/c1-9(10-4-3-7-16-10)12-11(15)8-13(2)5-6-14/h3-4,7,9,14H,5-6,8H2,1-2H3,(H,12,15). The Kier molecular flexibility index (Phi) is 5.01. The molecule has 0 saturated carbocycles. The van der Waals surface area contributed by atoms with Crippen molar-refractivity contribution in [1.29, 1.82) is 0 Å². The molecule has 0 aliphatic carbocycles. The van der Waals surface area contributed by atoms with Crippen LogP contribution in [-0.4, -0.2) is 42.7 Å². The maximum atomic E-state index is 11.6. The quantitative estimate of drug-likeness (QED) is 0.736. The second kappa shape index (κ2) is 6.30. The summed E-state index contributed by atoms with van der Waals surface area (Å²) in [5.74, 6) is 0.651. The van der Waals surface area contributed by atoms with Crippen LogP contribution in [0.3, 0.4) is 0 Å². The van der Waals surface area contributed by atoms with Gasteiger partial charge in [-0.1, -0.05) is 0 Å². The van der Waals surface area contributed by atoms with Crippen LogP contribution in [0.25, 0.3) is 0 Å². The summed E-state index contributed by atoms with van der Waals surface area (Å²) in [6.45, 7) is 2.68. The number of hydrogen-bond acceptors (Lipinski definition) is 4. The maximum Gasteiger partial charge on any atom is 0.234 e. The molecule has 16 heavy (non-hydrogen) atoms. The Hall–Kier alpha value is -1.33. The highest BCUT2D eigenvalue weighted by atomic mass is 16.3. The molecule has 1 aromatic rings. The van der Waals surface area contributed by atoms with Crippen LogP contribution in [0.2, 0.25) is 0 Å². The number of furan rings is 1. The number of hydrogen-bond donors (Lipinski definition) is 2. The van der Waals surface area contributed by atoms with E-state index in [-0.39, 0.29) is 25.1 Å². The highest BCUT2D eigenvalue weighted by Crippen LogP contribution is 2.11. The number of carbonyl (C=O) groups is 1. The van der Waals surface area contributed by atoms with Gasteiger partial charge in [-0.2, -0.15) is 0 Å². The van der Waals surface area contributed by atoms with E-state index in [2.05, 4.69) is 5.32 Å². The fourth-order valence-electron chi connectivity index (χ4n) is 1.39. The average molecular weight is 226 g/mol. The van der Waals surface area contributed by atoms with Crippen molar-refractivity contribution >= 4 is 5.91 Å². The Balaban J connectivity index is 2.34. The van der Waals surface area contributed by atoms with Crippen LogP contribution in [0.1, 0.15) is 18.7 Å². The molecular weight excluding hydrogens is 208 g/mol. The largest absolute Gasteiger partial charge is 0.467 e. The molecule has 1 rings (SSSR count). The van der Waals surface area contributed by atoms with E-state index in [0.29, 0.717) is 6.54 Å². The summed E-state index contributed by atoms with van der Waals surface area (Å²) < 4.78 is 5.18. The molecule has 1 atom stereocenters. The maximum absolute atomic E-state index is 11.6. The first-order valence-electron chi connectivity index (χ1n) is 5.25. The molecule has 1 aromatic heterocycles. The summed E-state index contributed by atoms with van der Waals surface area (Å²) in [6.07, 6.45) is 1.58. The van der Waals surface area contributed by atoms with E-state index in [0.717, 1.165) is 5.76 Å². The fourth-order valence-corrected chi connectivity index (χ4v) is 1.39. The van der Waals surface area contributed by atoms with Crippen molar-refractivity contribution in [2.45, 2.75) is 13.0 Å². The van der Waals surface area contributed by atoms with Crippen molar-refractivity contribution in [3.63, 3.8) is 0 Å². The Bertz CT molecular complexity index is 311. The molecule has 5 heteroatoms. The lowest BCUT2D eigenvalue weighted by molar-refractivity contribution is -0.122. The summed E-state index contributed by atoms with van der Waals surface area (Å²) in [7, 11) is 1.79. The minimum absolute atomic E-state index is 0.0531. The van der Waals surface area contributed by atoms with Crippen LogP contribution in [0.5, 0.6) is 0 Å². The van der Waals surface area contributed by atoms with Gasteiger partial charge >= 0.3 is 0 Å². The van der Waals surface area contributed by atoms with Crippen molar-refractivity contribution in [3.8, 4) is 0 Å². The van der Waals surface area contributed by atoms with Crippen molar-refractivity contribution in [3.05, 3.63) is 24.2 Å². The Morgan fingerprint density at radius 2 is 2.44 bits per heavy atom. The number of rotatable bonds is 6. The van der Waals surface area contributed by atoms with Gasteiger partial charge in [0.15, 0.2) is 0 Å². The zero-order chi connectivity index (χ0) is 12.0. The Morgan fingerprint density at radius 1 is 1.69 bits per heavy atom. The van der Waals surface area contributed by atoms with Crippen molar-refractivity contribution in [1.82, 2.24) is 10.2 Å². The van der Waals surface area contributed by atoms with Gasteiger partial charge in [0.2, 0.25) is 5.91 Å². The van der Waals surface area contributed by atoms with E-state index in [4.69, 9.17) is 9.52 Å². The molecule has 0 bridgehead atoms. The summed E-state index contributed by atoms with van der Waals surface area (Å²) in [5, 5.41) is 11.5. The van der Waals surface area contributed by atoms with E-state index < -0.39 is 0 Å². The predicted octanol–water partition coefficient (Wildman–Crippen LogP) is 0.381. The lowest BCUT2D eigenvalue weighted by Gasteiger charge is -2.16. The van der Waals surface area contributed by atoms with Gasteiger partial charge in [0.05, 0.1) is 25.5 Å². The molecule has 0 saturated heterocycles. The van der Waals surface area contributed by atoms with Crippen molar-refractivity contribution in [2.24, 2.45) is 0 Å². The first-order valence-corrected chi connectivity index (χ1v) is 5.25. The van der Waals surface area contributed by atoms with Gasteiger partial charge in [-0.15, -0.1) is 0 Å². The van der Waals surface area contributed by atoms with Crippen LogP contribution in [-0.2, 0) is 4.79 Å². The first kappa shape index (κ1) is 12.7. The molecule has 0 fully saturated rings. The van der Waals surface area contributed by atoms with E-state index in [1.54, 1.807) is 24.3 Å². The van der Waals surface area contributed by atoms with Crippen LogP contribution in [0.15, 0.2) is 22.8 Å².